The first kappa shape index (κ1) is 10.7. The second-order valence-electron chi connectivity index (χ2n) is 4.10. The maximum Gasteiger partial charge on any atom is 0.197 e. The molecule has 2 N–H and O–H groups in total. The number of nitrogens with zero attached hydrogens (tertiary/aromatic N) is 1. The van der Waals surface area contributed by atoms with Crippen molar-refractivity contribution in [3.05, 3.63) is 52.7 Å². The van der Waals surface area contributed by atoms with Crippen molar-refractivity contribution in [2.45, 2.75) is 0 Å². The summed E-state index contributed by atoms with van der Waals surface area (Å²) in [5, 5.41) is 1.22. The van der Waals surface area contributed by atoms with Gasteiger partial charge in [0.2, 0.25) is 0 Å². The molecule has 2 aromatic carbocycles. The molecular formula is C14H12N2O2. The summed E-state index contributed by atoms with van der Waals surface area (Å²) in [7, 11) is 1.58. The molecule has 0 bridgehead atoms. The van der Waals surface area contributed by atoms with Gasteiger partial charge in [0.05, 0.1) is 18.1 Å². The molecule has 3 aromatic rings. The summed E-state index contributed by atoms with van der Waals surface area (Å²) in [5.41, 5.74) is 1.37. The van der Waals surface area contributed by atoms with Crippen molar-refractivity contribution in [2.24, 2.45) is 0 Å². The zero-order chi connectivity index (χ0) is 12.7. The van der Waals surface area contributed by atoms with Crippen LogP contribution in [0.25, 0.3) is 21.8 Å². The van der Waals surface area contributed by atoms with Crippen molar-refractivity contribution in [2.75, 3.05) is 13.0 Å². The number of nitrogens with two attached hydrogens (primary N) is 1. The predicted octanol–water partition coefficient (Wildman–Crippen LogP) is 1.88. The Bertz CT molecular complexity index is 806. The molecule has 0 amide bonds. The Morgan fingerprint density at radius 3 is 2.56 bits per heavy atom. The van der Waals surface area contributed by atoms with E-state index in [4.69, 9.17) is 10.6 Å². The third-order valence-electron chi connectivity index (χ3n) is 3.12. The number of fused-ring (bicyclic) bond motifs is 2. The lowest BCUT2D eigenvalue weighted by Crippen LogP contribution is -2.17. The number of hydrogen-bond donors (Lipinski definition) is 1. The number of para-hydroxylation sites is 1. The fourth-order valence-corrected chi connectivity index (χ4v) is 2.18. The lowest BCUT2D eigenvalue weighted by Gasteiger charge is -2.10. The molecule has 1 aromatic heterocycles. The number of hydrogen-bond acceptors (Lipinski definition) is 3. The van der Waals surface area contributed by atoms with E-state index in [0.717, 1.165) is 0 Å². The van der Waals surface area contributed by atoms with E-state index in [0.29, 0.717) is 27.6 Å². The molecule has 3 rings (SSSR count). The van der Waals surface area contributed by atoms with Gasteiger partial charge in [-0.15, -0.1) is 0 Å². The van der Waals surface area contributed by atoms with Crippen LogP contribution in [0.1, 0.15) is 0 Å². The average molecular weight is 240 g/mol. The topological polar surface area (TPSA) is 57.2 Å². The highest BCUT2D eigenvalue weighted by Gasteiger charge is 2.09. The van der Waals surface area contributed by atoms with Gasteiger partial charge in [0, 0.05) is 16.8 Å². The Hall–Kier alpha value is -2.49. The molecule has 0 spiro atoms. The number of nitrogen functional groups attached to an aromatic ring is 1. The Morgan fingerprint density at radius 2 is 1.78 bits per heavy atom. The van der Waals surface area contributed by atoms with E-state index < -0.39 is 0 Å². The summed E-state index contributed by atoms with van der Waals surface area (Å²) in [6.07, 6.45) is 0. The van der Waals surface area contributed by atoms with Crippen LogP contribution in [0.2, 0.25) is 0 Å². The first-order chi connectivity index (χ1) is 8.72. The maximum absolute atomic E-state index is 12.3. The highest BCUT2D eigenvalue weighted by Crippen LogP contribution is 2.21. The van der Waals surface area contributed by atoms with Gasteiger partial charge in [0.1, 0.15) is 5.75 Å². The molecule has 4 nitrogen and oxygen atoms in total. The largest absolute Gasteiger partial charge is 0.497 e. The molecule has 18 heavy (non-hydrogen) atoms. The maximum atomic E-state index is 12.3. The van der Waals surface area contributed by atoms with Gasteiger partial charge >= 0.3 is 0 Å². The van der Waals surface area contributed by atoms with Crippen molar-refractivity contribution in [1.29, 1.82) is 0 Å². The van der Waals surface area contributed by atoms with Crippen molar-refractivity contribution in [3.63, 3.8) is 0 Å². The van der Waals surface area contributed by atoms with Gasteiger partial charge in [-0.05, 0) is 24.3 Å². The first-order valence-corrected chi connectivity index (χ1v) is 5.59. The molecule has 0 saturated heterocycles. The van der Waals surface area contributed by atoms with Crippen molar-refractivity contribution in [3.8, 4) is 5.75 Å². The van der Waals surface area contributed by atoms with Crippen LogP contribution in [0, 0.1) is 0 Å². The van der Waals surface area contributed by atoms with E-state index in [2.05, 4.69) is 0 Å². The Morgan fingerprint density at radius 1 is 1.06 bits per heavy atom. The minimum atomic E-state index is -0.00930. The molecule has 0 atom stereocenters. The number of aromatic nitrogens is 1. The van der Waals surface area contributed by atoms with Crippen LogP contribution in [-0.4, -0.2) is 11.8 Å². The molecule has 90 valence electrons. The minimum absolute atomic E-state index is 0.00930. The van der Waals surface area contributed by atoms with Crippen LogP contribution in [-0.2, 0) is 0 Å². The summed E-state index contributed by atoms with van der Waals surface area (Å²) in [5.74, 6) is 6.75. The molecule has 0 aliphatic carbocycles. The van der Waals surface area contributed by atoms with Gasteiger partial charge < -0.3 is 10.6 Å². The Kier molecular flexibility index (Phi) is 2.23. The summed E-state index contributed by atoms with van der Waals surface area (Å²) < 4.78 is 6.68. The van der Waals surface area contributed by atoms with Gasteiger partial charge in [-0.1, -0.05) is 12.1 Å². The molecule has 0 fully saturated rings. The summed E-state index contributed by atoms with van der Waals surface area (Å²) in [6.45, 7) is 0. The lowest BCUT2D eigenvalue weighted by molar-refractivity contribution is 0.415. The minimum Gasteiger partial charge on any atom is -0.497 e. The van der Waals surface area contributed by atoms with Crippen LogP contribution in [0.5, 0.6) is 5.75 Å². The molecule has 0 aliphatic heterocycles. The number of ether oxygens (including phenoxy) is 1. The monoisotopic (exact) mass is 240 g/mol. The molecule has 0 aliphatic rings. The molecule has 0 unspecified atom stereocenters. The quantitative estimate of drug-likeness (QED) is 0.522. The molecule has 0 radical (unpaired) electrons. The van der Waals surface area contributed by atoms with Gasteiger partial charge in [0.15, 0.2) is 5.43 Å². The molecule has 1 heterocycles. The smallest absolute Gasteiger partial charge is 0.197 e. The van der Waals surface area contributed by atoms with Crippen molar-refractivity contribution in [1.82, 2.24) is 4.68 Å². The number of benzene rings is 2. The predicted molar refractivity (Wildman–Crippen MR) is 72.4 cm³/mol. The van der Waals surface area contributed by atoms with Gasteiger partial charge in [-0.3, -0.25) is 9.47 Å². The Labute approximate surface area is 103 Å². The van der Waals surface area contributed by atoms with Crippen LogP contribution >= 0.6 is 0 Å². The third-order valence-corrected chi connectivity index (χ3v) is 3.12. The normalized spacial score (nSPS) is 10.9. The first-order valence-electron chi connectivity index (χ1n) is 5.59. The lowest BCUT2D eigenvalue weighted by atomic mass is 10.1. The van der Waals surface area contributed by atoms with E-state index in [1.807, 2.05) is 18.2 Å². The summed E-state index contributed by atoms with van der Waals surface area (Å²) >= 11 is 0. The zero-order valence-electron chi connectivity index (χ0n) is 9.88. The van der Waals surface area contributed by atoms with Crippen molar-refractivity contribution < 1.29 is 4.74 Å². The Balaban J connectivity index is 2.58. The van der Waals surface area contributed by atoms with Crippen LogP contribution in [0.15, 0.2) is 47.3 Å². The van der Waals surface area contributed by atoms with Gasteiger partial charge in [-0.2, -0.15) is 0 Å². The summed E-state index contributed by atoms with van der Waals surface area (Å²) in [6, 6.07) is 12.6. The van der Waals surface area contributed by atoms with Gasteiger partial charge in [0.25, 0.3) is 0 Å². The SMILES string of the molecule is COc1ccc2c(=O)c3ccccc3n(N)c2c1. The van der Waals surface area contributed by atoms with E-state index in [9.17, 15) is 4.79 Å². The molecular weight excluding hydrogens is 228 g/mol. The molecule has 4 heteroatoms. The van der Waals surface area contributed by atoms with E-state index in [1.54, 1.807) is 31.4 Å². The second kappa shape index (κ2) is 3.77. The molecule has 0 saturated carbocycles. The van der Waals surface area contributed by atoms with E-state index in [1.165, 1.54) is 4.68 Å². The second-order valence-corrected chi connectivity index (χ2v) is 4.10. The zero-order valence-corrected chi connectivity index (χ0v) is 9.88. The number of rotatable bonds is 1. The average Bonchev–Trinajstić information content (AvgIpc) is 2.44. The van der Waals surface area contributed by atoms with Crippen LogP contribution in [0.3, 0.4) is 0 Å². The fraction of sp³-hybridized carbons (Fsp3) is 0.0714. The van der Waals surface area contributed by atoms with E-state index >= 15 is 0 Å². The van der Waals surface area contributed by atoms with E-state index in [-0.39, 0.29) is 5.43 Å². The van der Waals surface area contributed by atoms with Crippen molar-refractivity contribution >= 4 is 21.8 Å². The fourth-order valence-electron chi connectivity index (χ4n) is 2.18. The highest BCUT2D eigenvalue weighted by atomic mass is 16.5. The summed E-state index contributed by atoms with van der Waals surface area (Å²) in [4.78, 5) is 12.3. The van der Waals surface area contributed by atoms with Gasteiger partial charge in [-0.25, -0.2) is 0 Å². The number of methoxy groups -OCH3 is 1. The number of pyridine rings is 1. The van der Waals surface area contributed by atoms with Crippen LogP contribution in [0.4, 0.5) is 0 Å². The third kappa shape index (κ3) is 1.35. The van der Waals surface area contributed by atoms with Crippen LogP contribution < -0.4 is 16.0 Å². The highest BCUT2D eigenvalue weighted by molar-refractivity contribution is 5.94. The standard InChI is InChI=1S/C14H12N2O2/c1-18-9-6-7-11-13(8-9)16(15)12-5-3-2-4-10(12)14(11)17/h2-8H,15H2,1H3.